The number of anilines is 2. The van der Waals surface area contributed by atoms with Crippen LogP contribution in [0, 0.1) is 5.92 Å². The Bertz CT molecular complexity index is 999. The highest BCUT2D eigenvalue weighted by molar-refractivity contribution is 6.42. The van der Waals surface area contributed by atoms with Crippen LogP contribution in [-0.4, -0.2) is 23.1 Å². The van der Waals surface area contributed by atoms with Gasteiger partial charge < -0.3 is 15.7 Å². The van der Waals surface area contributed by atoms with Gasteiger partial charge in [-0.1, -0.05) is 61.2 Å². The molecule has 3 amide bonds. The van der Waals surface area contributed by atoms with Gasteiger partial charge in [0.05, 0.1) is 21.4 Å². The van der Waals surface area contributed by atoms with Crippen molar-refractivity contribution in [1.29, 1.82) is 0 Å². The number of hydrogen-bond acceptors (Lipinski definition) is 3. The lowest BCUT2D eigenvalue weighted by Crippen LogP contribution is -2.64. The van der Waals surface area contributed by atoms with Gasteiger partial charge in [-0.15, -0.1) is 0 Å². The molecular formula is C22H23Cl2N3O3. The van der Waals surface area contributed by atoms with Crippen molar-refractivity contribution in [2.45, 2.75) is 44.4 Å². The summed E-state index contributed by atoms with van der Waals surface area (Å²) in [6.07, 6.45) is 3.99. The molecule has 1 fully saturated rings. The maximum Gasteiger partial charge on any atom is 0.329 e. The third kappa shape index (κ3) is 3.53. The number of rotatable bonds is 3. The minimum atomic E-state index is -2.24. The van der Waals surface area contributed by atoms with Gasteiger partial charge in [-0.2, -0.15) is 0 Å². The zero-order chi connectivity index (χ0) is 21.5. The predicted octanol–water partition coefficient (Wildman–Crippen LogP) is 4.89. The fourth-order valence-electron chi connectivity index (χ4n) is 4.29. The third-order valence-electron chi connectivity index (χ3n) is 5.98. The van der Waals surface area contributed by atoms with Gasteiger partial charge in [0.2, 0.25) is 0 Å². The molecule has 3 atom stereocenters. The van der Waals surface area contributed by atoms with Gasteiger partial charge in [0, 0.05) is 11.6 Å². The van der Waals surface area contributed by atoms with Crippen LogP contribution in [0.15, 0.2) is 42.5 Å². The molecule has 3 N–H and O–H groups in total. The lowest BCUT2D eigenvalue weighted by Gasteiger charge is -2.44. The first-order valence-corrected chi connectivity index (χ1v) is 10.8. The van der Waals surface area contributed by atoms with E-state index in [2.05, 4.69) is 17.6 Å². The minimum Gasteiger partial charge on any atom is -0.359 e. The second-order valence-electron chi connectivity index (χ2n) is 7.92. The van der Waals surface area contributed by atoms with Gasteiger partial charge in [-0.05, 0) is 43.0 Å². The smallest absolute Gasteiger partial charge is 0.329 e. The number of amides is 3. The molecule has 6 nitrogen and oxygen atoms in total. The summed E-state index contributed by atoms with van der Waals surface area (Å²) in [6, 6.07) is 10.5. The number of carbonyl (C=O) groups is 2. The van der Waals surface area contributed by atoms with Gasteiger partial charge in [-0.3, -0.25) is 9.69 Å². The summed E-state index contributed by atoms with van der Waals surface area (Å²) < 4.78 is 0. The first-order chi connectivity index (χ1) is 14.3. The SMILES string of the molecule is C[C@@H]1CCCC[C@@H]1NC(=O)[C@]1(O)c2ccccc2NC(=O)N1c1ccc(Cl)c(Cl)c1. The van der Waals surface area contributed by atoms with Crippen molar-refractivity contribution < 1.29 is 14.7 Å². The number of benzene rings is 2. The number of aliphatic hydroxyl groups is 1. The van der Waals surface area contributed by atoms with Crippen LogP contribution in [0.2, 0.25) is 10.0 Å². The van der Waals surface area contributed by atoms with Crippen molar-refractivity contribution in [1.82, 2.24) is 5.32 Å². The number of nitrogens with zero attached hydrogens (tertiary/aromatic N) is 1. The van der Waals surface area contributed by atoms with Crippen LogP contribution < -0.4 is 15.5 Å². The monoisotopic (exact) mass is 447 g/mol. The predicted molar refractivity (Wildman–Crippen MR) is 118 cm³/mol. The van der Waals surface area contributed by atoms with Crippen LogP contribution in [0.1, 0.15) is 38.2 Å². The van der Waals surface area contributed by atoms with Crippen molar-refractivity contribution in [3.8, 4) is 0 Å². The van der Waals surface area contributed by atoms with Crippen molar-refractivity contribution >= 4 is 46.5 Å². The molecule has 0 aromatic heterocycles. The van der Waals surface area contributed by atoms with Gasteiger partial charge in [-0.25, -0.2) is 4.79 Å². The van der Waals surface area contributed by atoms with Crippen LogP contribution in [0.25, 0.3) is 0 Å². The summed E-state index contributed by atoms with van der Waals surface area (Å²) in [5.74, 6) is -0.355. The zero-order valence-corrected chi connectivity index (χ0v) is 18.0. The van der Waals surface area contributed by atoms with E-state index >= 15 is 0 Å². The number of urea groups is 1. The molecule has 2 aromatic rings. The van der Waals surface area contributed by atoms with E-state index in [-0.39, 0.29) is 28.2 Å². The highest BCUT2D eigenvalue weighted by atomic mass is 35.5. The molecule has 4 rings (SSSR count). The van der Waals surface area contributed by atoms with E-state index in [4.69, 9.17) is 23.2 Å². The van der Waals surface area contributed by atoms with Crippen LogP contribution in [0.3, 0.4) is 0 Å². The highest BCUT2D eigenvalue weighted by Crippen LogP contribution is 2.41. The lowest BCUT2D eigenvalue weighted by atomic mass is 9.85. The van der Waals surface area contributed by atoms with Gasteiger partial charge >= 0.3 is 6.03 Å². The Morgan fingerprint density at radius 1 is 1.17 bits per heavy atom. The normalized spacial score (nSPS) is 26.0. The summed E-state index contributed by atoms with van der Waals surface area (Å²) in [5, 5.41) is 18.1. The maximum absolute atomic E-state index is 13.5. The van der Waals surface area contributed by atoms with Crippen molar-refractivity contribution in [3.05, 3.63) is 58.1 Å². The lowest BCUT2D eigenvalue weighted by molar-refractivity contribution is -0.141. The molecule has 0 bridgehead atoms. The van der Waals surface area contributed by atoms with Crippen molar-refractivity contribution in [2.75, 3.05) is 10.2 Å². The number of nitrogens with one attached hydrogen (secondary N) is 2. The Kier molecular flexibility index (Phi) is 5.66. The molecule has 1 heterocycles. The number of fused-ring (bicyclic) bond motifs is 1. The topological polar surface area (TPSA) is 81.7 Å². The van der Waals surface area contributed by atoms with Crippen molar-refractivity contribution in [3.63, 3.8) is 0 Å². The molecule has 8 heteroatoms. The number of halogens is 2. The van der Waals surface area contributed by atoms with Crippen LogP contribution in [0.5, 0.6) is 0 Å². The fourth-order valence-corrected chi connectivity index (χ4v) is 4.58. The summed E-state index contributed by atoms with van der Waals surface area (Å²) in [5.41, 5.74) is -1.32. The van der Waals surface area contributed by atoms with E-state index in [1.807, 2.05) is 0 Å². The summed E-state index contributed by atoms with van der Waals surface area (Å²) in [6.45, 7) is 2.09. The maximum atomic E-state index is 13.5. The number of carbonyl (C=O) groups excluding carboxylic acids is 2. The van der Waals surface area contributed by atoms with Crippen molar-refractivity contribution in [2.24, 2.45) is 5.92 Å². The van der Waals surface area contributed by atoms with Crippen LogP contribution in [0.4, 0.5) is 16.2 Å². The summed E-state index contributed by atoms with van der Waals surface area (Å²) >= 11 is 12.2. The quantitative estimate of drug-likeness (QED) is 0.626. The molecule has 0 saturated heterocycles. The van der Waals surface area contributed by atoms with E-state index in [0.29, 0.717) is 10.7 Å². The number of hydrogen-bond donors (Lipinski definition) is 3. The van der Waals surface area contributed by atoms with Crippen LogP contribution >= 0.6 is 23.2 Å². The molecular weight excluding hydrogens is 425 g/mol. The molecule has 2 aromatic carbocycles. The Morgan fingerprint density at radius 3 is 2.63 bits per heavy atom. The second kappa shape index (κ2) is 8.10. The molecule has 1 aliphatic heterocycles. The average molecular weight is 448 g/mol. The fraction of sp³-hybridized carbons (Fsp3) is 0.364. The summed E-state index contributed by atoms with van der Waals surface area (Å²) in [7, 11) is 0. The molecule has 0 spiro atoms. The molecule has 0 unspecified atom stereocenters. The molecule has 2 aliphatic rings. The Labute approximate surface area is 185 Å². The van der Waals surface area contributed by atoms with Crippen LogP contribution in [-0.2, 0) is 10.5 Å². The Morgan fingerprint density at radius 2 is 1.90 bits per heavy atom. The average Bonchev–Trinajstić information content (AvgIpc) is 2.72. The van der Waals surface area contributed by atoms with Gasteiger partial charge in [0.1, 0.15) is 0 Å². The summed E-state index contributed by atoms with van der Waals surface area (Å²) in [4.78, 5) is 27.6. The Balaban J connectivity index is 1.80. The number of para-hydroxylation sites is 1. The standard InChI is InChI=1S/C22H23Cl2N3O3/c1-13-6-2-4-8-18(13)25-20(28)22(30)15-7-3-5-9-19(15)26-21(29)27(22)14-10-11-16(23)17(24)12-14/h3,5,7,9-13,18,30H,2,4,6,8H2,1H3,(H,25,28)(H,26,29)/t13-,18+,22-/m1/s1. The minimum absolute atomic E-state index is 0.0666. The molecule has 0 radical (unpaired) electrons. The molecule has 158 valence electrons. The van der Waals surface area contributed by atoms with E-state index < -0.39 is 17.7 Å². The Hall–Kier alpha value is -2.28. The van der Waals surface area contributed by atoms with Gasteiger partial charge in [0.25, 0.3) is 11.6 Å². The first-order valence-electron chi connectivity index (χ1n) is 10.0. The van der Waals surface area contributed by atoms with E-state index in [1.165, 1.54) is 12.1 Å². The second-order valence-corrected chi connectivity index (χ2v) is 8.74. The largest absolute Gasteiger partial charge is 0.359 e. The van der Waals surface area contributed by atoms with E-state index in [0.717, 1.165) is 30.6 Å². The van der Waals surface area contributed by atoms with E-state index in [1.54, 1.807) is 30.3 Å². The zero-order valence-electron chi connectivity index (χ0n) is 16.5. The highest BCUT2D eigenvalue weighted by Gasteiger charge is 2.52. The van der Waals surface area contributed by atoms with Gasteiger partial charge in [0.15, 0.2) is 0 Å². The third-order valence-corrected chi connectivity index (χ3v) is 6.72. The van der Waals surface area contributed by atoms with E-state index in [9.17, 15) is 14.7 Å². The molecule has 30 heavy (non-hydrogen) atoms. The molecule has 1 aliphatic carbocycles. The first kappa shape index (κ1) is 21.0. The molecule has 1 saturated carbocycles.